The van der Waals surface area contributed by atoms with Gasteiger partial charge in [-0.1, -0.05) is 42.5 Å². The molecule has 0 bridgehead atoms. The van der Waals surface area contributed by atoms with Crippen LogP contribution in [0.4, 0.5) is 10.5 Å². The summed E-state index contributed by atoms with van der Waals surface area (Å²) in [7, 11) is -3.33. The van der Waals surface area contributed by atoms with Gasteiger partial charge in [0.2, 0.25) is 5.91 Å². The minimum Gasteiger partial charge on any atom is -0.445 e. The summed E-state index contributed by atoms with van der Waals surface area (Å²) in [5.41, 5.74) is 2.18. The van der Waals surface area contributed by atoms with E-state index >= 15 is 0 Å². The standard InChI is InChI=1S/C23H30N2O6S/c1-17(2)30-16-19-10-7-11-20(14-19)24-22(26)21(12-13-32(3,28)29)25-23(27)31-15-18-8-5-4-6-9-18/h4-11,14,17,21H,12-13,15-16H2,1-3H3,(H,24,26)(H,25,27). The molecule has 2 aromatic carbocycles. The SMILES string of the molecule is CC(C)OCc1cccc(NC(=O)C(CCS(C)(=O)=O)NC(=O)OCc2ccccc2)c1. The van der Waals surface area contributed by atoms with Crippen molar-refractivity contribution >= 4 is 27.5 Å². The number of sulfone groups is 1. The van der Waals surface area contributed by atoms with Crippen LogP contribution in [0.15, 0.2) is 54.6 Å². The molecule has 8 nitrogen and oxygen atoms in total. The Bertz CT molecular complexity index is 993. The molecule has 9 heteroatoms. The molecule has 174 valence electrons. The van der Waals surface area contributed by atoms with Gasteiger partial charge in [0.15, 0.2) is 0 Å². The molecule has 0 fully saturated rings. The number of hydrogen-bond acceptors (Lipinski definition) is 6. The Morgan fingerprint density at radius 2 is 1.66 bits per heavy atom. The van der Waals surface area contributed by atoms with E-state index in [1.165, 1.54) is 0 Å². The van der Waals surface area contributed by atoms with Gasteiger partial charge in [-0.15, -0.1) is 0 Å². The van der Waals surface area contributed by atoms with Crippen molar-refractivity contribution in [3.05, 3.63) is 65.7 Å². The number of anilines is 1. The number of carbonyl (C=O) groups is 2. The van der Waals surface area contributed by atoms with Crippen LogP contribution in [0.2, 0.25) is 0 Å². The van der Waals surface area contributed by atoms with Crippen LogP contribution in [0, 0.1) is 0 Å². The molecule has 0 saturated carbocycles. The second-order valence-corrected chi connectivity index (χ2v) is 9.99. The number of nitrogens with one attached hydrogen (secondary N) is 2. The maximum Gasteiger partial charge on any atom is 0.408 e. The molecule has 0 aliphatic carbocycles. The number of carbonyl (C=O) groups excluding carboxylic acids is 2. The van der Waals surface area contributed by atoms with Gasteiger partial charge in [0.05, 0.1) is 18.5 Å². The first kappa shape index (κ1) is 25.4. The zero-order valence-electron chi connectivity index (χ0n) is 18.5. The first-order chi connectivity index (χ1) is 15.1. The normalized spacial score (nSPS) is 12.2. The molecule has 0 aromatic heterocycles. The Hall–Kier alpha value is -2.91. The molecule has 2 aromatic rings. The van der Waals surface area contributed by atoms with Gasteiger partial charge in [-0.05, 0) is 43.5 Å². The van der Waals surface area contributed by atoms with Crippen molar-refractivity contribution in [1.29, 1.82) is 0 Å². The van der Waals surface area contributed by atoms with Crippen LogP contribution < -0.4 is 10.6 Å². The molecule has 0 radical (unpaired) electrons. The topological polar surface area (TPSA) is 111 Å². The molecule has 0 aliphatic rings. The van der Waals surface area contributed by atoms with Crippen LogP contribution >= 0.6 is 0 Å². The predicted molar refractivity (Wildman–Crippen MR) is 123 cm³/mol. The molecule has 2 N–H and O–H groups in total. The van der Waals surface area contributed by atoms with E-state index in [2.05, 4.69) is 10.6 Å². The first-order valence-electron chi connectivity index (χ1n) is 10.3. The van der Waals surface area contributed by atoms with Crippen molar-refractivity contribution in [2.45, 2.75) is 45.6 Å². The number of amides is 2. The number of alkyl carbamates (subject to hydrolysis) is 1. The Morgan fingerprint density at radius 3 is 2.31 bits per heavy atom. The predicted octanol–water partition coefficient (Wildman–Crippen LogP) is 3.28. The van der Waals surface area contributed by atoms with E-state index in [-0.39, 0.29) is 24.9 Å². The fourth-order valence-corrected chi connectivity index (χ4v) is 3.40. The van der Waals surface area contributed by atoms with E-state index in [1.807, 2.05) is 38.1 Å². The fourth-order valence-electron chi connectivity index (χ4n) is 2.74. The third-order valence-corrected chi connectivity index (χ3v) is 5.35. The van der Waals surface area contributed by atoms with Crippen LogP contribution in [0.25, 0.3) is 0 Å². The first-order valence-corrected chi connectivity index (χ1v) is 12.3. The van der Waals surface area contributed by atoms with Crippen LogP contribution in [0.5, 0.6) is 0 Å². The highest BCUT2D eigenvalue weighted by molar-refractivity contribution is 7.90. The number of ether oxygens (including phenoxy) is 2. The number of hydrogen-bond donors (Lipinski definition) is 2. The Balaban J connectivity index is 2.02. The van der Waals surface area contributed by atoms with Gasteiger partial charge in [0.1, 0.15) is 22.5 Å². The van der Waals surface area contributed by atoms with Gasteiger partial charge < -0.3 is 20.1 Å². The average molecular weight is 463 g/mol. The van der Waals surface area contributed by atoms with Crippen molar-refractivity contribution in [1.82, 2.24) is 5.32 Å². The van der Waals surface area contributed by atoms with Gasteiger partial charge in [0.25, 0.3) is 0 Å². The zero-order chi connectivity index (χ0) is 23.6. The van der Waals surface area contributed by atoms with E-state index in [0.717, 1.165) is 17.4 Å². The summed E-state index contributed by atoms with van der Waals surface area (Å²) in [4.78, 5) is 25.0. The quantitative estimate of drug-likeness (QED) is 0.530. The Morgan fingerprint density at radius 1 is 0.969 bits per heavy atom. The maximum atomic E-state index is 12.8. The minimum atomic E-state index is -3.33. The van der Waals surface area contributed by atoms with E-state index in [9.17, 15) is 18.0 Å². The van der Waals surface area contributed by atoms with Crippen LogP contribution in [-0.4, -0.2) is 44.6 Å². The summed E-state index contributed by atoms with van der Waals surface area (Å²) in [6.07, 6.45) is 0.260. The van der Waals surface area contributed by atoms with Crippen molar-refractivity contribution in [3.63, 3.8) is 0 Å². The molecular formula is C23H30N2O6S. The minimum absolute atomic E-state index is 0.0327. The molecular weight excluding hydrogens is 432 g/mol. The molecule has 32 heavy (non-hydrogen) atoms. The molecule has 0 aliphatic heterocycles. The van der Waals surface area contributed by atoms with E-state index < -0.39 is 27.9 Å². The van der Waals surface area contributed by atoms with Crippen LogP contribution in [-0.2, 0) is 37.3 Å². The second kappa shape index (κ2) is 12.2. The van der Waals surface area contributed by atoms with Gasteiger partial charge in [-0.25, -0.2) is 13.2 Å². The lowest BCUT2D eigenvalue weighted by Crippen LogP contribution is -2.45. The van der Waals surface area contributed by atoms with Crippen LogP contribution in [0.3, 0.4) is 0 Å². The zero-order valence-corrected chi connectivity index (χ0v) is 19.4. The summed E-state index contributed by atoms with van der Waals surface area (Å²) < 4.78 is 33.9. The second-order valence-electron chi connectivity index (χ2n) is 7.73. The van der Waals surface area contributed by atoms with E-state index in [0.29, 0.717) is 12.3 Å². The molecule has 2 amide bonds. The lowest BCUT2D eigenvalue weighted by Gasteiger charge is -2.18. The average Bonchev–Trinajstić information content (AvgIpc) is 2.74. The molecule has 0 spiro atoms. The molecule has 0 heterocycles. The third-order valence-electron chi connectivity index (χ3n) is 4.38. The molecule has 1 unspecified atom stereocenters. The summed E-state index contributed by atoms with van der Waals surface area (Å²) in [5.74, 6) is -0.793. The largest absolute Gasteiger partial charge is 0.445 e. The lowest BCUT2D eigenvalue weighted by molar-refractivity contribution is -0.118. The smallest absolute Gasteiger partial charge is 0.408 e. The van der Waals surface area contributed by atoms with Gasteiger partial charge in [-0.3, -0.25) is 4.79 Å². The molecule has 1 atom stereocenters. The number of benzene rings is 2. The highest BCUT2D eigenvalue weighted by atomic mass is 32.2. The highest BCUT2D eigenvalue weighted by Crippen LogP contribution is 2.13. The summed E-state index contributed by atoms with van der Waals surface area (Å²) in [6.45, 7) is 4.29. The van der Waals surface area contributed by atoms with Crippen molar-refractivity contribution in [3.8, 4) is 0 Å². The summed E-state index contributed by atoms with van der Waals surface area (Å²) in [5, 5.41) is 5.20. The molecule has 2 rings (SSSR count). The van der Waals surface area contributed by atoms with E-state index in [4.69, 9.17) is 9.47 Å². The Kier molecular flexibility index (Phi) is 9.67. The highest BCUT2D eigenvalue weighted by Gasteiger charge is 2.23. The lowest BCUT2D eigenvalue weighted by atomic mass is 10.1. The van der Waals surface area contributed by atoms with Crippen LogP contribution in [0.1, 0.15) is 31.4 Å². The van der Waals surface area contributed by atoms with E-state index in [1.54, 1.807) is 30.3 Å². The third kappa shape index (κ3) is 9.93. The van der Waals surface area contributed by atoms with Crippen molar-refractivity contribution < 1.29 is 27.5 Å². The number of rotatable bonds is 11. The summed E-state index contributed by atoms with van der Waals surface area (Å²) >= 11 is 0. The monoisotopic (exact) mass is 462 g/mol. The fraction of sp³-hybridized carbons (Fsp3) is 0.391. The summed E-state index contributed by atoms with van der Waals surface area (Å²) in [6, 6.07) is 15.1. The maximum absolute atomic E-state index is 12.8. The van der Waals surface area contributed by atoms with Crippen molar-refractivity contribution in [2.24, 2.45) is 0 Å². The van der Waals surface area contributed by atoms with Gasteiger partial charge in [0, 0.05) is 11.9 Å². The van der Waals surface area contributed by atoms with Gasteiger partial charge >= 0.3 is 6.09 Å². The molecule has 0 saturated heterocycles. The van der Waals surface area contributed by atoms with Gasteiger partial charge in [-0.2, -0.15) is 0 Å². The Labute approximate surface area is 189 Å². The van der Waals surface area contributed by atoms with Crippen molar-refractivity contribution in [2.75, 3.05) is 17.3 Å².